The maximum Gasteiger partial charge on any atom is 0.255 e. The third-order valence-electron chi connectivity index (χ3n) is 3.34. The highest BCUT2D eigenvalue weighted by Crippen LogP contribution is 2.16. The molecule has 2 rings (SSSR count). The molecule has 0 spiro atoms. The number of hydrogen-bond acceptors (Lipinski definition) is 3. The van der Waals surface area contributed by atoms with Crippen LogP contribution in [0.3, 0.4) is 0 Å². The highest BCUT2D eigenvalue weighted by atomic mass is 16.1. The molecule has 21 heavy (non-hydrogen) atoms. The first kappa shape index (κ1) is 15.1. The van der Waals surface area contributed by atoms with E-state index in [0.717, 1.165) is 16.9 Å². The summed E-state index contributed by atoms with van der Waals surface area (Å²) in [4.78, 5) is 14.2. The molecule has 0 radical (unpaired) electrons. The molecule has 0 aliphatic rings. The van der Waals surface area contributed by atoms with Gasteiger partial charge in [0, 0.05) is 37.1 Å². The van der Waals surface area contributed by atoms with Crippen LogP contribution in [0.5, 0.6) is 0 Å². The highest BCUT2D eigenvalue weighted by molar-refractivity contribution is 6.04. The van der Waals surface area contributed by atoms with Gasteiger partial charge in [0.05, 0.1) is 0 Å². The van der Waals surface area contributed by atoms with Crippen LogP contribution in [-0.4, -0.2) is 20.0 Å². The van der Waals surface area contributed by atoms with Crippen LogP contribution in [0.1, 0.15) is 28.9 Å². The average molecular weight is 283 g/mol. The SMILES string of the molecule is CC(N)c1ccc(NC(=O)c2ccc(N(C)C)cc2)cc1. The minimum atomic E-state index is -0.117. The normalized spacial score (nSPS) is 11.8. The second kappa shape index (κ2) is 6.41. The summed E-state index contributed by atoms with van der Waals surface area (Å²) >= 11 is 0. The molecule has 0 saturated heterocycles. The van der Waals surface area contributed by atoms with E-state index in [1.807, 2.05) is 74.4 Å². The molecule has 1 atom stereocenters. The number of amides is 1. The molecule has 4 heteroatoms. The summed E-state index contributed by atoms with van der Waals surface area (Å²) in [6.07, 6.45) is 0. The molecule has 0 aliphatic carbocycles. The maximum atomic E-state index is 12.2. The zero-order valence-corrected chi connectivity index (χ0v) is 12.6. The van der Waals surface area contributed by atoms with Gasteiger partial charge in [0.25, 0.3) is 5.91 Å². The van der Waals surface area contributed by atoms with E-state index >= 15 is 0 Å². The van der Waals surface area contributed by atoms with Crippen molar-refractivity contribution < 1.29 is 4.79 Å². The third kappa shape index (κ3) is 3.83. The van der Waals surface area contributed by atoms with E-state index in [1.54, 1.807) is 0 Å². The molecule has 1 amide bonds. The lowest BCUT2D eigenvalue weighted by Crippen LogP contribution is -2.13. The van der Waals surface area contributed by atoms with E-state index in [2.05, 4.69) is 5.32 Å². The topological polar surface area (TPSA) is 58.4 Å². The summed E-state index contributed by atoms with van der Waals surface area (Å²) in [6.45, 7) is 1.93. The molecule has 3 N–H and O–H groups in total. The molecule has 0 aliphatic heterocycles. The van der Waals surface area contributed by atoms with Gasteiger partial charge in [-0.2, -0.15) is 0 Å². The zero-order chi connectivity index (χ0) is 15.4. The average Bonchev–Trinajstić information content (AvgIpc) is 2.47. The van der Waals surface area contributed by atoms with E-state index in [1.165, 1.54) is 0 Å². The van der Waals surface area contributed by atoms with Crippen molar-refractivity contribution in [2.45, 2.75) is 13.0 Å². The van der Waals surface area contributed by atoms with Gasteiger partial charge >= 0.3 is 0 Å². The molecule has 2 aromatic carbocycles. The Morgan fingerprint density at radius 2 is 1.62 bits per heavy atom. The summed E-state index contributed by atoms with van der Waals surface area (Å²) in [5, 5.41) is 2.88. The third-order valence-corrected chi connectivity index (χ3v) is 3.34. The van der Waals surface area contributed by atoms with Crippen molar-refractivity contribution in [1.82, 2.24) is 0 Å². The quantitative estimate of drug-likeness (QED) is 0.906. The Balaban J connectivity index is 2.06. The summed E-state index contributed by atoms with van der Waals surface area (Å²) in [5.74, 6) is -0.117. The predicted octanol–water partition coefficient (Wildman–Crippen LogP) is 3.02. The first-order valence-electron chi connectivity index (χ1n) is 6.91. The van der Waals surface area contributed by atoms with Crippen LogP contribution in [0.4, 0.5) is 11.4 Å². The molecule has 0 saturated carbocycles. The van der Waals surface area contributed by atoms with Crippen LogP contribution in [0, 0.1) is 0 Å². The minimum absolute atomic E-state index is 0.00618. The van der Waals surface area contributed by atoms with E-state index in [4.69, 9.17) is 5.73 Å². The van der Waals surface area contributed by atoms with Crippen molar-refractivity contribution >= 4 is 17.3 Å². The Labute approximate surface area is 125 Å². The summed E-state index contributed by atoms with van der Waals surface area (Å²) in [6, 6.07) is 15.1. The highest BCUT2D eigenvalue weighted by Gasteiger charge is 2.07. The molecule has 0 aromatic heterocycles. The van der Waals surface area contributed by atoms with Crippen molar-refractivity contribution in [3.8, 4) is 0 Å². The van der Waals surface area contributed by atoms with Gasteiger partial charge in [-0.3, -0.25) is 4.79 Å². The molecule has 1 unspecified atom stereocenters. The molecule has 0 bridgehead atoms. The number of nitrogens with two attached hydrogens (primary N) is 1. The summed E-state index contributed by atoms with van der Waals surface area (Å²) in [7, 11) is 3.93. The molecular weight excluding hydrogens is 262 g/mol. The monoisotopic (exact) mass is 283 g/mol. The number of carbonyl (C=O) groups is 1. The van der Waals surface area contributed by atoms with Gasteiger partial charge in [-0.25, -0.2) is 0 Å². The summed E-state index contributed by atoms with van der Waals surface area (Å²) in [5.41, 5.74) is 9.31. The van der Waals surface area contributed by atoms with Crippen LogP contribution < -0.4 is 16.0 Å². The Hall–Kier alpha value is -2.33. The van der Waals surface area contributed by atoms with Gasteiger partial charge < -0.3 is 16.0 Å². The Bertz CT molecular complexity index is 601. The fraction of sp³-hybridized carbons (Fsp3) is 0.235. The lowest BCUT2D eigenvalue weighted by atomic mass is 10.1. The van der Waals surface area contributed by atoms with Gasteiger partial charge in [0.2, 0.25) is 0 Å². The predicted molar refractivity (Wildman–Crippen MR) is 87.8 cm³/mol. The first-order chi connectivity index (χ1) is 9.97. The number of benzene rings is 2. The Morgan fingerprint density at radius 3 is 2.10 bits per heavy atom. The first-order valence-corrected chi connectivity index (χ1v) is 6.91. The standard InChI is InChI=1S/C17H21N3O/c1-12(18)13-4-8-15(9-5-13)19-17(21)14-6-10-16(11-7-14)20(2)3/h4-12H,18H2,1-3H3,(H,19,21). The number of nitrogens with zero attached hydrogens (tertiary/aromatic N) is 1. The maximum absolute atomic E-state index is 12.2. The van der Waals surface area contributed by atoms with E-state index in [9.17, 15) is 4.79 Å². The number of anilines is 2. The van der Waals surface area contributed by atoms with Gasteiger partial charge in [-0.15, -0.1) is 0 Å². The van der Waals surface area contributed by atoms with Crippen LogP contribution >= 0.6 is 0 Å². The minimum Gasteiger partial charge on any atom is -0.378 e. The Morgan fingerprint density at radius 1 is 1.05 bits per heavy atom. The smallest absolute Gasteiger partial charge is 0.255 e. The van der Waals surface area contributed by atoms with E-state index in [-0.39, 0.29) is 11.9 Å². The van der Waals surface area contributed by atoms with Gasteiger partial charge in [0.1, 0.15) is 0 Å². The van der Waals surface area contributed by atoms with Crippen molar-refractivity contribution in [3.05, 3.63) is 59.7 Å². The van der Waals surface area contributed by atoms with Crippen LogP contribution in [-0.2, 0) is 0 Å². The molecule has 110 valence electrons. The molecule has 0 fully saturated rings. The van der Waals surface area contributed by atoms with E-state index < -0.39 is 0 Å². The fourth-order valence-corrected chi connectivity index (χ4v) is 1.98. The van der Waals surface area contributed by atoms with E-state index in [0.29, 0.717) is 5.56 Å². The number of nitrogens with one attached hydrogen (secondary N) is 1. The number of hydrogen-bond donors (Lipinski definition) is 2. The number of rotatable bonds is 4. The van der Waals surface area contributed by atoms with Crippen molar-refractivity contribution in [1.29, 1.82) is 0 Å². The van der Waals surface area contributed by atoms with Crippen molar-refractivity contribution in [3.63, 3.8) is 0 Å². The van der Waals surface area contributed by atoms with Crippen LogP contribution in [0.2, 0.25) is 0 Å². The molecule has 4 nitrogen and oxygen atoms in total. The number of carbonyl (C=O) groups excluding carboxylic acids is 1. The van der Waals surface area contributed by atoms with Crippen LogP contribution in [0.15, 0.2) is 48.5 Å². The second-order valence-corrected chi connectivity index (χ2v) is 5.31. The summed E-state index contributed by atoms with van der Waals surface area (Å²) < 4.78 is 0. The van der Waals surface area contributed by atoms with Crippen molar-refractivity contribution in [2.24, 2.45) is 5.73 Å². The van der Waals surface area contributed by atoms with Gasteiger partial charge in [-0.05, 0) is 48.9 Å². The molecule has 2 aromatic rings. The van der Waals surface area contributed by atoms with Gasteiger partial charge in [0.15, 0.2) is 0 Å². The van der Waals surface area contributed by atoms with Crippen LogP contribution in [0.25, 0.3) is 0 Å². The Kier molecular flexibility index (Phi) is 4.60. The lowest BCUT2D eigenvalue weighted by Gasteiger charge is -2.13. The zero-order valence-electron chi connectivity index (χ0n) is 12.6. The second-order valence-electron chi connectivity index (χ2n) is 5.31. The molecule has 0 heterocycles. The van der Waals surface area contributed by atoms with Gasteiger partial charge in [-0.1, -0.05) is 12.1 Å². The fourth-order valence-electron chi connectivity index (χ4n) is 1.98. The van der Waals surface area contributed by atoms with Crippen molar-refractivity contribution in [2.75, 3.05) is 24.3 Å². The lowest BCUT2D eigenvalue weighted by molar-refractivity contribution is 0.102. The molecular formula is C17H21N3O. The largest absolute Gasteiger partial charge is 0.378 e.